The Morgan fingerprint density at radius 3 is 2.50 bits per heavy atom. The Hall–Kier alpha value is -2.39. The van der Waals surface area contributed by atoms with Crippen molar-refractivity contribution in [3.63, 3.8) is 0 Å². The summed E-state index contributed by atoms with van der Waals surface area (Å²) in [7, 11) is 0. The maximum Gasteiger partial charge on any atom is 0.223 e. The van der Waals surface area contributed by atoms with Crippen LogP contribution in [-0.4, -0.2) is 17.4 Å². The zero-order valence-corrected chi connectivity index (χ0v) is 15.8. The van der Waals surface area contributed by atoms with Crippen LogP contribution in [0.3, 0.4) is 0 Å². The van der Waals surface area contributed by atoms with Crippen LogP contribution in [0.4, 0.5) is 0 Å². The van der Waals surface area contributed by atoms with Gasteiger partial charge in [0.05, 0.1) is 6.04 Å². The summed E-state index contributed by atoms with van der Waals surface area (Å²) in [6.07, 6.45) is 1.51. The normalized spacial score (nSPS) is 17.6. The molecule has 0 unspecified atom stereocenters. The molecule has 132 valence electrons. The highest BCUT2D eigenvalue weighted by Gasteiger charge is 2.33. The Morgan fingerprint density at radius 1 is 1.08 bits per heavy atom. The molecule has 2 nitrogen and oxygen atoms in total. The van der Waals surface area contributed by atoms with Crippen LogP contribution in [-0.2, 0) is 11.2 Å². The van der Waals surface area contributed by atoms with E-state index in [0.717, 1.165) is 13.0 Å². The summed E-state index contributed by atoms with van der Waals surface area (Å²) < 4.78 is 0. The average Bonchev–Trinajstić information content (AvgIpc) is 3.17. The number of fused-ring (bicyclic) bond motifs is 1. The molecule has 2 atom stereocenters. The molecule has 1 amide bonds. The van der Waals surface area contributed by atoms with Crippen molar-refractivity contribution in [3.8, 4) is 0 Å². The molecular formula is C23H23NOS. The molecule has 0 aliphatic carbocycles. The van der Waals surface area contributed by atoms with Crippen molar-refractivity contribution in [1.29, 1.82) is 0 Å². The number of rotatable bonds is 4. The lowest BCUT2D eigenvalue weighted by atomic mass is 9.91. The van der Waals surface area contributed by atoms with Gasteiger partial charge < -0.3 is 4.90 Å². The fourth-order valence-electron chi connectivity index (χ4n) is 3.86. The lowest BCUT2D eigenvalue weighted by Crippen LogP contribution is -2.40. The quantitative estimate of drug-likeness (QED) is 0.608. The standard InChI is InChI=1S/C23H23NOS/c1-17(18-8-4-2-5-9-18)16-22(25)24-14-12-21-20(13-15-26-21)23(24)19-10-6-3-7-11-19/h2-11,13,15,17,23H,12,14,16H2,1H3/t17-,23+/m1/s1. The molecule has 2 heterocycles. The highest BCUT2D eigenvalue weighted by molar-refractivity contribution is 7.10. The van der Waals surface area contributed by atoms with Crippen LogP contribution in [0.2, 0.25) is 0 Å². The summed E-state index contributed by atoms with van der Waals surface area (Å²) in [6.45, 7) is 2.94. The van der Waals surface area contributed by atoms with Gasteiger partial charge in [-0.2, -0.15) is 0 Å². The van der Waals surface area contributed by atoms with E-state index in [-0.39, 0.29) is 17.9 Å². The molecule has 1 aliphatic rings. The van der Waals surface area contributed by atoms with Crippen molar-refractivity contribution in [3.05, 3.63) is 93.7 Å². The Morgan fingerprint density at radius 2 is 1.77 bits per heavy atom. The summed E-state index contributed by atoms with van der Waals surface area (Å²) in [5, 5.41) is 2.15. The fraction of sp³-hybridized carbons (Fsp3) is 0.261. The van der Waals surface area contributed by atoms with Crippen LogP contribution in [0, 0.1) is 0 Å². The highest BCUT2D eigenvalue weighted by Crippen LogP contribution is 2.38. The minimum absolute atomic E-state index is 0.0432. The van der Waals surface area contributed by atoms with Gasteiger partial charge in [-0.15, -0.1) is 11.3 Å². The van der Waals surface area contributed by atoms with Crippen LogP contribution in [0.1, 0.15) is 46.9 Å². The first-order chi connectivity index (χ1) is 12.7. The van der Waals surface area contributed by atoms with Crippen LogP contribution in [0.5, 0.6) is 0 Å². The van der Waals surface area contributed by atoms with Gasteiger partial charge >= 0.3 is 0 Å². The van der Waals surface area contributed by atoms with Gasteiger partial charge in [0.2, 0.25) is 5.91 Å². The monoisotopic (exact) mass is 361 g/mol. The first kappa shape index (κ1) is 17.0. The van der Waals surface area contributed by atoms with Crippen molar-refractivity contribution in [2.45, 2.75) is 31.7 Å². The first-order valence-electron chi connectivity index (χ1n) is 9.19. The van der Waals surface area contributed by atoms with Gasteiger partial charge in [0.15, 0.2) is 0 Å². The van der Waals surface area contributed by atoms with E-state index in [1.807, 2.05) is 35.6 Å². The lowest BCUT2D eigenvalue weighted by molar-refractivity contribution is -0.133. The number of hydrogen-bond acceptors (Lipinski definition) is 2. The Bertz CT molecular complexity index is 871. The maximum atomic E-state index is 13.2. The lowest BCUT2D eigenvalue weighted by Gasteiger charge is -2.37. The molecule has 0 fully saturated rings. The van der Waals surface area contributed by atoms with Gasteiger partial charge in [-0.25, -0.2) is 0 Å². The molecule has 1 aromatic heterocycles. The number of nitrogens with zero attached hydrogens (tertiary/aromatic N) is 1. The van der Waals surface area contributed by atoms with E-state index in [2.05, 4.69) is 59.7 Å². The molecule has 0 saturated carbocycles. The van der Waals surface area contributed by atoms with E-state index in [9.17, 15) is 4.79 Å². The summed E-state index contributed by atoms with van der Waals surface area (Å²) >= 11 is 1.81. The van der Waals surface area contributed by atoms with Crippen molar-refractivity contribution in [1.82, 2.24) is 4.90 Å². The van der Waals surface area contributed by atoms with Gasteiger partial charge in [0, 0.05) is 17.8 Å². The third-order valence-electron chi connectivity index (χ3n) is 5.25. The summed E-state index contributed by atoms with van der Waals surface area (Å²) in [6, 6.07) is 23.0. The third kappa shape index (κ3) is 3.32. The first-order valence-corrected chi connectivity index (χ1v) is 10.1. The fourth-order valence-corrected chi connectivity index (χ4v) is 4.76. The summed E-state index contributed by atoms with van der Waals surface area (Å²) in [5.41, 5.74) is 3.73. The second-order valence-corrected chi connectivity index (χ2v) is 7.97. The Balaban J connectivity index is 1.61. The highest BCUT2D eigenvalue weighted by atomic mass is 32.1. The summed E-state index contributed by atoms with van der Waals surface area (Å²) in [4.78, 5) is 16.7. The van der Waals surface area contributed by atoms with Crippen molar-refractivity contribution in [2.75, 3.05) is 6.54 Å². The molecule has 0 spiro atoms. The van der Waals surface area contributed by atoms with E-state index in [1.165, 1.54) is 21.6 Å². The smallest absolute Gasteiger partial charge is 0.223 e. The molecule has 1 aliphatic heterocycles. The molecule has 0 saturated heterocycles. The maximum absolute atomic E-state index is 13.2. The van der Waals surface area contributed by atoms with Gasteiger partial charge in [0.1, 0.15) is 0 Å². The van der Waals surface area contributed by atoms with Crippen LogP contribution < -0.4 is 0 Å². The van der Waals surface area contributed by atoms with Crippen LogP contribution in [0.15, 0.2) is 72.1 Å². The van der Waals surface area contributed by atoms with Gasteiger partial charge in [-0.05, 0) is 40.5 Å². The minimum atomic E-state index is 0.0432. The van der Waals surface area contributed by atoms with Crippen molar-refractivity contribution >= 4 is 17.2 Å². The largest absolute Gasteiger partial charge is 0.331 e. The average molecular weight is 362 g/mol. The minimum Gasteiger partial charge on any atom is -0.331 e. The third-order valence-corrected chi connectivity index (χ3v) is 6.25. The van der Waals surface area contributed by atoms with Gasteiger partial charge in [-0.1, -0.05) is 67.6 Å². The predicted octanol–water partition coefficient (Wildman–Crippen LogP) is 5.42. The number of thiophene rings is 1. The molecular weight excluding hydrogens is 338 g/mol. The Labute approximate surface area is 159 Å². The second kappa shape index (κ2) is 7.46. The number of benzene rings is 2. The molecule has 26 heavy (non-hydrogen) atoms. The van der Waals surface area contributed by atoms with E-state index in [4.69, 9.17) is 0 Å². The van der Waals surface area contributed by atoms with E-state index >= 15 is 0 Å². The van der Waals surface area contributed by atoms with E-state index < -0.39 is 0 Å². The summed E-state index contributed by atoms with van der Waals surface area (Å²) in [5.74, 6) is 0.469. The topological polar surface area (TPSA) is 20.3 Å². The zero-order valence-electron chi connectivity index (χ0n) is 15.0. The number of amides is 1. The van der Waals surface area contributed by atoms with Crippen molar-refractivity contribution < 1.29 is 4.79 Å². The van der Waals surface area contributed by atoms with Crippen LogP contribution in [0.25, 0.3) is 0 Å². The van der Waals surface area contributed by atoms with Gasteiger partial charge in [0.25, 0.3) is 0 Å². The molecule has 0 radical (unpaired) electrons. The molecule has 2 aromatic carbocycles. The molecule has 3 heteroatoms. The number of hydrogen-bond donors (Lipinski definition) is 0. The predicted molar refractivity (Wildman–Crippen MR) is 107 cm³/mol. The molecule has 0 bridgehead atoms. The van der Waals surface area contributed by atoms with Crippen LogP contribution >= 0.6 is 11.3 Å². The second-order valence-electron chi connectivity index (χ2n) is 6.97. The van der Waals surface area contributed by atoms with E-state index in [0.29, 0.717) is 6.42 Å². The zero-order chi connectivity index (χ0) is 17.9. The van der Waals surface area contributed by atoms with E-state index in [1.54, 1.807) is 0 Å². The molecule has 4 rings (SSSR count). The van der Waals surface area contributed by atoms with Crippen molar-refractivity contribution in [2.24, 2.45) is 0 Å². The SMILES string of the molecule is C[C@H](CC(=O)N1CCc2sccc2[C@@H]1c1ccccc1)c1ccccc1. The molecule has 3 aromatic rings. The van der Waals surface area contributed by atoms with Gasteiger partial charge in [-0.3, -0.25) is 4.79 Å². The number of carbonyl (C=O) groups is 1. The molecule has 0 N–H and O–H groups in total. The Kier molecular flexibility index (Phi) is 4.89. The number of carbonyl (C=O) groups excluding carboxylic acids is 1.